The molecule has 0 bridgehead atoms. The number of ether oxygens (including phenoxy) is 1. The van der Waals surface area contributed by atoms with E-state index in [9.17, 15) is 8.42 Å². The zero-order chi connectivity index (χ0) is 11.5. The first-order valence-corrected chi connectivity index (χ1v) is 6.17. The molecule has 0 atom stereocenters. The van der Waals surface area contributed by atoms with Crippen molar-refractivity contribution in [1.82, 2.24) is 0 Å². The maximum Gasteiger partial charge on any atom is 0.175 e. The number of nitrogen functional groups attached to an aromatic ring is 1. The van der Waals surface area contributed by atoms with Crippen LogP contribution in [0.3, 0.4) is 0 Å². The van der Waals surface area contributed by atoms with Gasteiger partial charge in [0.15, 0.2) is 9.84 Å². The monoisotopic (exact) mass is 231 g/mol. The van der Waals surface area contributed by atoms with Crippen molar-refractivity contribution in [3.8, 4) is 5.75 Å². The summed E-state index contributed by atoms with van der Waals surface area (Å²) < 4.78 is 27.4. The van der Waals surface area contributed by atoms with E-state index in [-0.39, 0.29) is 23.8 Å². The molecule has 5 nitrogen and oxygen atoms in total. The fourth-order valence-corrected chi connectivity index (χ4v) is 1.70. The molecule has 6 heteroatoms. The van der Waals surface area contributed by atoms with Crippen LogP contribution in [0, 0.1) is 0 Å². The van der Waals surface area contributed by atoms with Gasteiger partial charge in [-0.05, 0) is 18.2 Å². The topological polar surface area (TPSA) is 89.6 Å². The van der Waals surface area contributed by atoms with Gasteiger partial charge in [0.05, 0.1) is 17.2 Å². The van der Waals surface area contributed by atoms with Gasteiger partial charge in [-0.3, -0.25) is 0 Å². The standard InChI is InChI=1S/C9H13NO4S/c1-15(12,13)7-2-3-9(8(10)6-7)14-5-4-11/h2-3,6,11H,4-5,10H2,1H3. The third kappa shape index (κ3) is 3.10. The van der Waals surface area contributed by atoms with Gasteiger partial charge in [-0.25, -0.2) is 8.42 Å². The quantitative estimate of drug-likeness (QED) is 0.714. The van der Waals surface area contributed by atoms with E-state index < -0.39 is 9.84 Å². The molecule has 0 aliphatic heterocycles. The van der Waals surface area contributed by atoms with Crippen molar-refractivity contribution in [1.29, 1.82) is 0 Å². The van der Waals surface area contributed by atoms with Gasteiger partial charge in [0, 0.05) is 6.26 Å². The van der Waals surface area contributed by atoms with E-state index in [1.807, 2.05) is 0 Å². The number of nitrogens with two attached hydrogens (primary N) is 1. The molecule has 0 saturated carbocycles. The highest BCUT2D eigenvalue weighted by Gasteiger charge is 2.09. The van der Waals surface area contributed by atoms with Crippen LogP contribution in [0.2, 0.25) is 0 Å². The van der Waals surface area contributed by atoms with Crippen molar-refractivity contribution in [2.24, 2.45) is 0 Å². The van der Waals surface area contributed by atoms with Gasteiger partial charge in [-0.1, -0.05) is 0 Å². The molecule has 84 valence electrons. The van der Waals surface area contributed by atoms with Crippen LogP contribution >= 0.6 is 0 Å². The third-order valence-corrected chi connectivity index (χ3v) is 2.87. The van der Waals surface area contributed by atoms with E-state index in [0.717, 1.165) is 6.26 Å². The number of aliphatic hydroxyl groups is 1. The van der Waals surface area contributed by atoms with Gasteiger partial charge in [-0.2, -0.15) is 0 Å². The van der Waals surface area contributed by atoms with Crippen LogP contribution in [0.15, 0.2) is 23.1 Å². The molecule has 3 N–H and O–H groups in total. The number of rotatable bonds is 4. The maximum absolute atomic E-state index is 11.2. The molecule has 1 aromatic carbocycles. The molecule has 1 aromatic rings. The summed E-state index contributed by atoms with van der Waals surface area (Å²) in [6, 6.07) is 4.22. The van der Waals surface area contributed by atoms with Crippen LogP contribution in [0.5, 0.6) is 5.75 Å². The first kappa shape index (κ1) is 11.8. The van der Waals surface area contributed by atoms with Crippen LogP contribution in [0.1, 0.15) is 0 Å². The second-order valence-electron chi connectivity index (χ2n) is 3.04. The lowest BCUT2D eigenvalue weighted by Gasteiger charge is -2.08. The van der Waals surface area contributed by atoms with Crippen LogP contribution in [0.4, 0.5) is 5.69 Å². The van der Waals surface area contributed by atoms with Crippen molar-refractivity contribution >= 4 is 15.5 Å². The van der Waals surface area contributed by atoms with Crippen molar-refractivity contribution < 1.29 is 18.3 Å². The highest BCUT2D eigenvalue weighted by molar-refractivity contribution is 7.90. The number of sulfone groups is 1. The Morgan fingerprint density at radius 2 is 2.13 bits per heavy atom. The molecular weight excluding hydrogens is 218 g/mol. The Bertz CT molecular complexity index is 441. The second kappa shape index (κ2) is 4.50. The van der Waals surface area contributed by atoms with Crippen LogP contribution in [-0.2, 0) is 9.84 Å². The summed E-state index contributed by atoms with van der Waals surface area (Å²) in [5, 5.41) is 8.54. The predicted molar refractivity (Wildman–Crippen MR) is 56.5 cm³/mol. The van der Waals surface area contributed by atoms with Crippen molar-refractivity contribution in [2.75, 3.05) is 25.2 Å². The van der Waals surface area contributed by atoms with Gasteiger partial charge in [0.2, 0.25) is 0 Å². The second-order valence-corrected chi connectivity index (χ2v) is 5.06. The Morgan fingerprint density at radius 1 is 1.47 bits per heavy atom. The minimum atomic E-state index is -3.25. The van der Waals surface area contributed by atoms with E-state index in [0.29, 0.717) is 5.75 Å². The minimum absolute atomic E-state index is 0.118. The zero-order valence-corrected chi connectivity index (χ0v) is 9.12. The summed E-state index contributed by atoms with van der Waals surface area (Å²) in [6.45, 7) is 0.00961. The maximum atomic E-state index is 11.2. The van der Waals surface area contributed by atoms with Gasteiger partial charge < -0.3 is 15.6 Å². The fourth-order valence-electron chi connectivity index (χ4n) is 1.04. The molecule has 0 amide bonds. The normalized spacial score (nSPS) is 11.3. The summed E-state index contributed by atoms with van der Waals surface area (Å²) in [7, 11) is -3.25. The first-order chi connectivity index (χ1) is 6.95. The Kier molecular flexibility index (Phi) is 3.54. The Morgan fingerprint density at radius 3 is 2.60 bits per heavy atom. The van der Waals surface area contributed by atoms with Gasteiger partial charge in [0.25, 0.3) is 0 Å². The predicted octanol–water partition coefficient (Wildman–Crippen LogP) is 0.0434. The van der Waals surface area contributed by atoms with Gasteiger partial charge >= 0.3 is 0 Å². The average molecular weight is 231 g/mol. The van der Waals surface area contributed by atoms with E-state index >= 15 is 0 Å². The molecule has 0 saturated heterocycles. The molecule has 0 heterocycles. The van der Waals surface area contributed by atoms with Crippen molar-refractivity contribution in [2.45, 2.75) is 4.90 Å². The highest BCUT2D eigenvalue weighted by Crippen LogP contribution is 2.24. The summed E-state index contributed by atoms with van der Waals surface area (Å²) in [5.74, 6) is 0.372. The molecule has 0 fully saturated rings. The lowest BCUT2D eigenvalue weighted by molar-refractivity contribution is 0.202. The summed E-state index contributed by atoms with van der Waals surface area (Å²) >= 11 is 0. The molecule has 0 spiro atoms. The van der Waals surface area contributed by atoms with Gasteiger partial charge in [-0.15, -0.1) is 0 Å². The third-order valence-electron chi connectivity index (χ3n) is 1.76. The summed E-state index contributed by atoms with van der Waals surface area (Å²) in [6.07, 6.45) is 1.11. The Labute approximate surface area is 88.4 Å². The molecule has 0 aliphatic rings. The number of aliphatic hydroxyl groups excluding tert-OH is 1. The first-order valence-electron chi connectivity index (χ1n) is 4.28. The lowest BCUT2D eigenvalue weighted by atomic mass is 10.3. The average Bonchev–Trinajstić information content (AvgIpc) is 2.14. The molecule has 0 unspecified atom stereocenters. The zero-order valence-electron chi connectivity index (χ0n) is 8.30. The molecular formula is C9H13NO4S. The van der Waals surface area contributed by atoms with E-state index in [2.05, 4.69) is 0 Å². The Hall–Kier alpha value is -1.27. The minimum Gasteiger partial charge on any atom is -0.489 e. The van der Waals surface area contributed by atoms with Crippen LogP contribution < -0.4 is 10.5 Å². The summed E-state index contributed by atoms with van der Waals surface area (Å²) in [4.78, 5) is 0.149. The molecule has 0 aliphatic carbocycles. The Balaban J connectivity index is 2.99. The van der Waals surface area contributed by atoms with Crippen molar-refractivity contribution in [3.05, 3.63) is 18.2 Å². The smallest absolute Gasteiger partial charge is 0.175 e. The molecule has 0 radical (unpaired) electrons. The number of hydrogen-bond acceptors (Lipinski definition) is 5. The highest BCUT2D eigenvalue weighted by atomic mass is 32.2. The lowest BCUT2D eigenvalue weighted by Crippen LogP contribution is -2.05. The van der Waals surface area contributed by atoms with Crippen LogP contribution in [0.25, 0.3) is 0 Å². The number of hydrogen-bond donors (Lipinski definition) is 2. The van der Waals surface area contributed by atoms with Crippen LogP contribution in [-0.4, -0.2) is 33.0 Å². The molecule has 1 rings (SSSR count). The molecule has 15 heavy (non-hydrogen) atoms. The molecule has 0 aromatic heterocycles. The van der Waals surface area contributed by atoms with Crippen molar-refractivity contribution in [3.63, 3.8) is 0 Å². The van der Waals surface area contributed by atoms with E-state index in [4.69, 9.17) is 15.6 Å². The SMILES string of the molecule is CS(=O)(=O)c1ccc(OCCO)c(N)c1. The largest absolute Gasteiger partial charge is 0.489 e. The fraction of sp³-hybridized carbons (Fsp3) is 0.333. The van der Waals surface area contributed by atoms with Gasteiger partial charge in [0.1, 0.15) is 12.4 Å². The van der Waals surface area contributed by atoms with E-state index in [1.54, 1.807) is 0 Å². The van der Waals surface area contributed by atoms with E-state index in [1.165, 1.54) is 18.2 Å². The number of benzene rings is 1. The number of anilines is 1. The summed E-state index contributed by atoms with van der Waals surface area (Å²) in [5.41, 5.74) is 5.83.